The number of rotatable bonds is 7. The predicted molar refractivity (Wildman–Crippen MR) is 70.7 cm³/mol. The zero-order chi connectivity index (χ0) is 11.1. The van der Waals surface area contributed by atoms with E-state index >= 15 is 0 Å². The standard InChI is InChI=1S/C12H26N2S/c1-4-15-8-6-11(2)14-7-5-12(10-14)9-13-3/h11-13H,4-10H2,1-3H3. The first-order chi connectivity index (χ1) is 7.27. The van der Waals surface area contributed by atoms with Crippen LogP contribution in [0, 0.1) is 5.92 Å². The van der Waals surface area contributed by atoms with Gasteiger partial charge in [-0.05, 0) is 57.3 Å². The van der Waals surface area contributed by atoms with Gasteiger partial charge in [0.05, 0.1) is 0 Å². The lowest BCUT2D eigenvalue weighted by Crippen LogP contribution is -2.32. The number of thioether (sulfide) groups is 1. The molecule has 2 atom stereocenters. The van der Waals surface area contributed by atoms with Gasteiger partial charge in [-0.1, -0.05) is 6.92 Å². The second kappa shape index (κ2) is 7.53. The van der Waals surface area contributed by atoms with Crippen LogP contribution in [-0.4, -0.2) is 49.1 Å². The van der Waals surface area contributed by atoms with Crippen LogP contribution in [0.15, 0.2) is 0 Å². The van der Waals surface area contributed by atoms with Crippen LogP contribution in [0.2, 0.25) is 0 Å². The van der Waals surface area contributed by atoms with Crippen molar-refractivity contribution < 1.29 is 0 Å². The molecule has 1 saturated heterocycles. The highest BCUT2D eigenvalue weighted by atomic mass is 32.2. The fraction of sp³-hybridized carbons (Fsp3) is 1.00. The summed E-state index contributed by atoms with van der Waals surface area (Å²) >= 11 is 2.07. The number of likely N-dealkylation sites (tertiary alicyclic amines) is 1. The lowest BCUT2D eigenvalue weighted by Gasteiger charge is -2.24. The van der Waals surface area contributed by atoms with E-state index < -0.39 is 0 Å². The Balaban J connectivity index is 2.15. The van der Waals surface area contributed by atoms with Gasteiger partial charge in [0.2, 0.25) is 0 Å². The predicted octanol–water partition coefficient (Wildman–Crippen LogP) is 2.06. The van der Waals surface area contributed by atoms with Crippen molar-refractivity contribution in [3.8, 4) is 0 Å². The van der Waals surface area contributed by atoms with Gasteiger partial charge >= 0.3 is 0 Å². The maximum Gasteiger partial charge on any atom is 0.00749 e. The molecule has 1 N–H and O–H groups in total. The Morgan fingerprint density at radius 2 is 2.33 bits per heavy atom. The van der Waals surface area contributed by atoms with Gasteiger partial charge in [0, 0.05) is 12.6 Å². The van der Waals surface area contributed by atoms with Crippen molar-refractivity contribution in [2.75, 3.05) is 38.2 Å². The molecule has 0 aromatic heterocycles. The fourth-order valence-electron chi connectivity index (χ4n) is 2.30. The largest absolute Gasteiger partial charge is 0.319 e. The Bertz CT molecular complexity index is 164. The second-order valence-corrected chi connectivity index (χ2v) is 5.94. The van der Waals surface area contributed by atoms with Crippen LogP contribution in [-0.2, 0) is 0 Å². The van der Waals surface area contributed by atoms with Crippen molar-refractivity contribution in [1.29, 1.82) is 0 Å². The van der Waals surface area contributed by atoms with E-state index in [1.807, 2.05) is 0 Å². The zero-order valence-electron chi connectivity index (χ0n) is 10.5. The van der Waals surface area contributed by atoms with Crippen molar-refractivity contribution in [3.05, 3.63) is 0 Å². The quantitative estimate of drug-likeness (QED) is 0.674. The molecule has 2 unspecified atom stereocenters. The van der Waals surface area contributed by atoms with E-state index in [1.54, 1.807) is 0 Å². The van der Waals surface area contributed by atoms with Crippen molar-refractivity contribution in [2.24, 2.45) is 5.92 Å². The van der Waals surface area contributed by atoms with Crippen LogP contribution in [0.1, 0.15) is 26.7 Å². The summed E-state index contributed by atoms with van der Waals surface area (Å²) in [7, 11) is 2.06. The minimum Gasteiger partial charge on any atom is -0.319 e. The van der Waals surface area contributed by atoms with Crippen LogP contribution in [0.5, 0.6) is 0 Å². The highest BCUT2D eigenvalue weighted by molar-refractivity contribution is 7.99. The summed E-state index contributed by atoms with van der Waals surface area (Å²) in [4.78, 5) is 2.66. The van der Waals surface area contributed by atoms with Gasteiger partial charge in [-0.2, -0.15) is 11.8 Å². The van der Waals surface area contributed by atoms with Gasteiger partial charge in [0.1, 0.15) is 0 Å². The third-order valence-electron chi connectivity index (χ3n) is 3.32. The molecule has 15 heavy (non-hydrogen) atoms. The Labute approximate surface area is 99.2 Å². The monoisotopic (exact) mass is 230 g/mol. The van der Waals surface area contributed by atoms with E-state index in [4.69, 9.17) is 0 Å². The van der Waals surface area contributed by atoms with Crippen LogP contribution < -0.4 is 5.32 Å². The molecule has 0 radical (unpaired) electrons. The molecule has 0 aromatic carbocycles. The number of hydrogen-bond acceptors (Lipinski definition) is 3. The van der Waals surface area contributed by atoms with Crippen LogP contribution in [0.3, 0.4) is 0 Å². The fourth-order valence-corrected chi connectivity index (χ4v) is 3.10. The Kier molecular flexibility index (Phi) is 6.69. The normalized spacial score (nSPS) is 24.6. The first-order valence-corrected chi connectivity index (χ1v) is 7.39. The summed E-state index contributed by atoms with van der Waals surface area (Å²) in [6.07, 6.45) is 2.73. The highest BCUT2D eigenvalue weighted by Crippen LogP contribution is 2.20. The third-order valence-corrected chi connectivity index (χ3v) is 4.25. The van der Waals surface area contributed by atoms with Gasteiger partial charge in [-0.15, -0.1) is 0 Å². The molecule has 1 rings (SSSR count). The minimum atomic E-state index is 0.783. The summed E-state index contributed by atoms with van der Waals surface area (Å²) in [6, 6.07) is 0.783. The zero-order valence-corrected chi connectivity index (χ0v) is 11.3. The average Bonchev–Trinajstić information content (AvgIpc) is 2.67. The second-order valence-electron chi connectivity index (χ2n) is 4.54. The summed E-state index contributed by atoms with van der Waals surface area (Å²) in [5.41, 5.74) is 0. The maximum atomic E-state index is 3.29. The van der Waals surface area contributed by atoms with E-state index in [-0.39, 0.29) is 0 Å². The molecule has 0 aliphatic carbocycles. The third kappa shape index (κ3) is 4.75. The van der Waals surface area contributed by atoms with Crippen LogP contribution in [0.25, 0.3) is 0 Å². The molecular formula is C12H26N2S. The minimum absolute atomic E-state index is 0.783. The van der Waals surface area contributed by atoms with Crippen LogP contribution in [0.4, 0.5) is 0 Å². The first kappa shape index (κ1) is 13.3. The Morgan fingerprint density at radius 3 is 3.00 bits per heavy atom. The molecule has 0 aromatic rings. The molecule has 90 valence electrons. The maximum absolute atomic E-state index is 3.29. The van der Waals surface area contributed by atoms with Crippen LogP contribution >= 0.6 is 11.8 Å². The molecule has 0 amide bonds. The molecule has 2 nitrogen and oxygen atoms in total. The molecular weight excluding hydrogens is 204 g/mol. The lowest BCUT2D eigenvalue weighted by molar-refractivity contribution is 0.244. The molecule has 1 fully saturated rings. The van der Waals surface area contributed by atoms with E-state index in [0.717, 1.165) is 12.0 Å². The van der Waals surface area contributed by atoms with Gasteiger partial charge in [0.25, 0.3) is 0 Å². The van der Waals surface area contributed by atoms with Gasteiger partial charge in [-0.25, -0.2) is 0 Å². The molecule has 3 heteroatoms. The van der Waals surface area contributed by atoms with Gasteiger partial charge < -0.3 is 10.2 Å². The van der Waals surface area contributed by atoms with E-state index in [2.05, 4.69) is 42.9 Å². The lowest BCUT2D eigenvalue weighted by atomic mass is 10.1. The number of hydrogen-bond donors (Lipinski definition) is 1. The molecule has 1 aliphatic heterocycles. The van der Waals surface area contributed by atoms with E-state index in [0.29, 0.717) is 0 Å². The summed E-state index contributed by atoms with van der Waals surface area (Å²) in [5, 5.41) is 3.29. The summed E-state index contributed by atoms with van der Waals surface area (Å²) in [6.45, 7) is 8.43. The smallest absolute Gasteiger partial charge is 0.00749 e. The molecule has 1 aliphatic rings. The van der Waals surface area contributed by atoms with Gasteiger partial charge in [-0.3, -0.25) is 0 Å². The van der Waals surface area contributed by atoms with Crippen molar-refractivity contribution in [3.63, 3.8) is 0 Å². The SMILES string of the molecule is CCSCCC(C)N1CCC(CNC)C1. The summed E-state index contributed by atoms with van der Waals surface area (Å²) in [5.74, 6) is 3.47. The van der Waals surface area contributed by atoms with E-state index in [9.17, 15) is 0 Å². The first-order valence-electron chi connectivity index (χ1n) is 6.24. The van der Waals surface area contributed by atoms with E-state index in [1.165, 1.54) is 44.0 Å². The molecule has 0 spiro atoms. The average molecular weight is 230 g/mol. The Morgan fingerprint density at radius 1 is 1.53 bits per heavy atom. The topological polar surface area (TPSA) is 15.3 Å². The van der Waals surface area contributed by atoms with Crippen molar-refractivity contribution in [2.45, 2.75) is 32.7 Å². The highest BCUT2D eigenvalue weighted by Gasteiger charge is 2.24. The van der Waals surface area contributed by atoms with Crippen molar-refractivity contribution >= 4 is 11.8 Å². The molecule has 0 bridgehead atoms. The Hall–Kier alpha value is 0.270. The summed E-state index contributed by atoms with van der Waals surface area (Å²) < 4.78 is 0. The number of nitrogens with one attached hydrogen (secondary N) is 1. The molecule has 1 heterocycles. The number of nitrogens with zero attached hydrogens (tertiary/aromatic N) is 1. The van der Waals surface area contributed by atoms with Gasteiger partial charge in [0.15, 0.2) is 0 Å². The molecule has 0 saturated carbocycles. The van der Waals surface area contributed by atoms with Crippen molar-refractivity contribution in [1.82, 2.24) is 10.2 Å².